The van der Waals surface area contributed by atoms with E-state index in [2.05, 4.69) is 4.74 Å². The van der Waals surface area contributed by atoms with Crippen LogP contribution in [0.2, 0.25) is 0 Å². The first-order valence-corrected chi connectivity index (χ1v) is 11.7. The van der Waals surface area contributed by atoms with Crippen LogP contribution in [0.3, 0.4) is 0 Å². The third-order valence-electron chi connectivity index (χ3n) is 6.03. The molecule has 0 spiro atoms. The molecule has 4 aromatic carbocycles. The predicted molar refractivity (Wildman–Crippen MR) is 129 cm³/mol. The number of hydrogen-bond donors (Lipinski definition) is 0. The lowest BCUT2D eigenvalue weighted by Gasteiger charge is -2.12. The van der Waals surface area contributed by atoms with Crippen molar-refractivity contribution in [2.24, 2.45) is 0 Å². The average Bonchev–Trinajstić information content (AvgIpc) is 2.82. The molecule has 0 radical (unpaired) electrons. The summed E-state index contributed by atoms with van der Waals surface area (Å²) in [7, 11) is 0. The highest BCUT2D eigenvalue weighted by molar-refractivity contribution is 5.88. The minimum atomic E-state index is -4.58. The molecule has 0 unspecified atom stereocenters. The number of ether oxygens (including phenoxy) is 1. The second kappa shape index (κ2) is 10.8. The number of halogens is 7. The van der Waals surface area contributed by atoms with E-state index in [0.29, 0.717) is 34.1 Å². The van der Waals surface area contributed by atoms with Gasteiger partial charge in [0.2, 0.25) is 0 Å². The van der Waals surface area contributed by atoms with E-state index in [9.17, 15) is 26.3 Å². The number of aryl methyl sites for hydroxylation is 3. The monoisotopic (exact) mass is 520 g/mol. The predicted octanol–water partition coefficient (Wildman–Crippen LogP) is 8.74. The van der Waals surface area contributed by atoms with E-state index >= 15 is 4.39 Å². The molecule has 0 atom stereocenters. The van der Waals surface area contributed by atoms with Gasteiger partial charge in [-0.25, -0.2) is 17.6 Å². The molecule has 0 aliphatic heterocycles. The molecule has 0 bridgehead atoms. The first-order valence-electron chi connectivity index (χ1n) is 11.7. The Kier molecular flexibility index (Phi) is 7.76. The summed E-state index contributed by atoms with van der Waals surface area (Å²) in [4.78, 5) is 0. The number of alkyl halides is 3. The molecule has 0 aromatic heterocycles. The molecule has 0 aliphatic carbocycles. The second-order valence-corrected chi connectivity index (χ2v) is 8.83. The van der Waals surface area contributed by atoms with Gasteiger partial charge >= 0.3 is 6.18 Å². The standard InChI is InChI=1S/C29H23F7O/c1-2-3-18-13-24(31)27(25(32)14-18)21-9-10-22-20(15-21)8-7-19(28(22)33)6-4-17-5-11-26(23(30)12-17)37-16-29(34,35)36/h5,7-15H,2-4,6,16H2,1H3. The molecule has 1 nitrogen and oxygen atoms in total. The summed E-state index contributed by atoms with van der Waals surface area (Å²) < 4.78 is 100.0. The van der Waals surface area contributed by atoms with Crippen LogP contribution in [0.15, 0.2) is 60.7 Å². The molecule has 194 valence electrons. The summed E-state index contributed by atoms with van der Waals surface area (Å²) in [5, 5.41) is 0.735. The first kappa shape index (κ1) is 26.5. The smallest absolute Gasteiger partial charge is 0.422 e. The van der Waals surface area contributed by atoms with Gasteiger partial charge in [-0.15, -0.1) is 0 Å². The van der Waals surface area contributed by atoms with Crippen LogP contribution in [0.4, 0.5) is 30.7 Å². The second-order valence-electron chi connectivity index (χ2n) is 8.83. The van der Waals surface area contributed by atoms with E-state index in [4.69, 9.17) is 0 Å². The van der Waals surface area contributed by atoms with Crippen LogP contribution in [0.25, 0.3) is 21.9 Å². The van der Waals surface area contributed by atoms with Crippen LogP contribution in [0, 0.1) is 23.3 Å². The fourth-order valence-electron chi connectivity index (χ4n) is 4.28. The summed E-state index contributed by atoms with van der Waals surface area (Å²) >= 11 is 0. The van der Waals surface area contributed by atoms with E-state index in [0.717, 1.165) is 18.6 Å². The van der Waals surface area contributed by atoms with Crippen molar-refractivity contribution in [2.75, 3.05) is 6.61 Å². The fourth-order valence-corrected chi connectivity index (χ4v) is 4.28. The van der Waals surface area contributed by atoms with Gasteiger partial charge in [0, 0.05) is 5.39 Å². The van der Waals surface area contributed by atoms with Gasteiger partial charge in [0.25, 0.3) is 0 Å². The zero-order chi connectivity index (χ0) is 26.7. The summed E-state index contributed by atoms with van der Waals surface area (Å²) in [6.45, 7) is 0.318. The Morgan fingerprint density at radius 3 is 2.05 bits per heavy atom. The van der Waals surface area contributed by atoms with Crippen LogP contribution >= 0.6 is 0 Å². The van der Waals surface area contributed by atoms with Crippen molar-refractivity contribution in [1.82, 2.24) is 0 Å². The average molecular weight is 520 g/mol. The van der Waals surface area contributed by atoms with Gasteiger partial charge in [-0.2, -0.15) is 13.2 Å². The zero-order valence-electron chi connectivity index (χ0n) is 19.9. The van der Waals surface area contributed by atoms with E-state index in [1.807, 2.05) is 6.92 Å². The summed E-state index contributed by atoms with van der Waals surface area (Å²) in [5.74, 6) is -3.31. The van der Waals surface area contributed by atoms with E-state index in [-0.39, 0.29) is 23.8 Å². The summed E-state index contributed by atoms with van der Waals surface area (Å²) in [6, 6.07) is 13.9. The van der Waals surface area contributed by atoms with Crippen LogP contribution in [-0.2, 0) is 19.3 Å². The molecular weight excluding hydrogens is 497 g/mol. The maximum absolute atomic E-state index is 15.2. The zero-order valence-corrected chi connectivity index (χ0v) is 19.9. The number of hydrogen-bond acceptors (Lipinski definition) is 1. The SMILES string of the molecule is CCCc1cc(F)c(-c2ccc3c(F)c(CCc4ccc(OCC(F)(F)F)c(F)c4)ccc3c2)c(F)c1. The Morgan fingerprint density at radius 2 is 1.41 bits per heavy atom. The molecular formula is C29H23F7O. The lowest BCUT2D eigenvalue weighted by molar-refractivity contribution is -0.153. The van der Waals surface area contributed by atoms with Crippen molar-refractivity contribution in [3.8, 4) is 16.9 Å². The number of fused-ring (bicyclic) bond motifs is 1. The molecule has 0 amide bonds. The molecule has 0 saturated heterocycles. The maximum atomic E-state index is 15.2. The maximum Gasteiger partial charge on any atom is 0.422 e. The van der Waals surface area contributed by atoms with E-state index < -0.39 is 41.8 Å². The lowest BCUT2D eigenvalue weighted by atomic mass is 9.96. The lowest BCUT2D eigenvalue weighted by Crippen LogP contribution is -2.19. The topological polar surface area (TPSA) is 9.23 Å². The Morgan fingerprint density at radius 1 is 0.703 bits per heavy atom. The minimum absolute atomic E-state index is 0.170. The van der Waals surface area contributed by atoms with Crippen molar-refractivity contribution < 1.29 is 35.5 Å². The summed E-state index contributed by atoms with van der Waals surface area (Å²) in [5.41, 5.74) is 1.50. The highest BCUT2D eigenvalue weighted by atomic mass is 19.4. The highest BCUT2D eigenvalue weighted by Gasteiger charge is 2.29. The van der Waals surface area contributed by atoms with Crippen molar-refractivity contribution in [1.29, 1.82) is 0 Å². The third kappa shape index (κ3) is 6.24. The Hall–Kier alpha value is -3.55. The van der Waals surface area contributed by atoms with Gasteiger partial charge in [0.05, 0.1) is 5.56 Å². The molecule has 0 heterocycles. The summed E-state index contributed by atoms with van der Waals surface area (Å²) in [6.07, 6.45) is -2.83. The molecule has 8 heteroatoms. The van der Waals surface area contributed by atoms with Gasteiger partial charge in [-0.1, -0.05) is 43.7 Å². The van der Waals surface area contributed by atoms with Crippen molar-refractivity contribution in [3.05, 3.63) is 101 Å². The van der Waals surface area contributed by atoms with Crippen molar-refractivity contribution in [3.63, 3.8) is 0 Å². The largest absolute Gasteiger partial charge is 0.481 e. The van der Waals surface area contributed by atoms with Crippen molar-refractivity contribution in [2.45, 2.75) is 38.8 Å². The van der Waals surface area contributed by atoms with Crippen LogP contribution in [-0.4, -0.2) is 12.8 Å². The van der Waals surface area contributed by atoms with Gasteiger partial charge in [0.1, 0.15) is 17.5 Å². The Balaban J connectivity index is 1.52. The molecule has 4 rings (SSSR count). The Labute approximate surface area is 209 Å². The van der Waals surface area contributed by atoms with Gasteiger partial charge in [-0.05, 0) is 77.2 Å². The minimum Gasteiger partial charge on any atom is -0.481 e. The quantitative estimate of drug-likeness (QED) is 0.211. The van der Waals surface area contributed by atoms with Gasteiger partial charge in [-0.3, -0.25) is 0 Å². The Bertz CT molecular complexity index is 1400. The number of rotatable bonds is 8. The first-order chi connectivity index (χ1) is 17.6. The van der Waals surface area contributed by atoms with E-state index in [1.165, 1.54) is 36.4 Å². The van der Waals surface area contributed by atoms with Crippen LogP contribution in [0.1, 0.15) is 30.0 Å². The third-order valence-corrected chi connectivity index (χ3v) is 6.03. The molecule has 4 aromatic rings. The van der Waals surface area contributed by atoms with Crippen LogP contribution in [0.5, 0.6) is 5.75 Å². The molecule has 0 saturated carbocycles. The van der Waals surface area contributed by atoms with Gasteiger partial charge < -0.3 is 4.74 Å². The molecule has 37 heavy (non-hydrogen) atoms. The molecule has 0 aliphatic rings. The number of benzene rings is 4. The van der Waals surface area contributed by atoms with Crippen LogP contribution < -0.4 is 4.74 Å². The van der Waals surface area contributed by atoms with Gasteiger partial charge in [0.15, 0.2) is 18.2 Å². The fraction of sp³-hybridized carbons (Fsp3) is 0.241. The normalized spacial score (nSPS) is 11.8. The molecule has 0 fully saturated rings. The highest BCUT2D eigenvalue weighted by Crippen LogP contribution is 2.32. The van der Waals surface area contributed by atoms with E-state index in [1.54, 1.807) is 12.1 Å². The van der Waals surface area contributed by atoms with Crippen molar-refractivity contribution >= 4 is 10.8 Å². The molecule has 0 N–H and O–H groups in total.